The zero-order valence-corrected chi connectivity index (χ0v) is 13.3. The molecule has 0 aromatic carbocycles. The second-order valence-electron chi connectivity index (χ2n) is 6.20. The first-order valence-corrected chi connectivity index (χ1v) is 8.71. The second kappa shape index (κ2) is 5.99. The van der Waals surface area contributed by atoms with Crippen LogP contribution in [0.15, 0.2) is 41.2 Å². The van der Waals surface area contributed by atoms with Crippen molar-refractivity contribution in [2.75, 3.05) is 19.7 Å². The van der Waals surface area contributed by atoms with Crippen LogP contribution in [0.5, 0.6) is 5.88 Å². The number of likely N-dealkylation sites (tertiary alicyclic amines) is 1. The van der Waals surface area contributed by atoms with E-state index in [1.54, 1.807) is 17.5 Å². The van der Waals surface area contributed by atoms with Crippen molar-refractivity contribution in [2.45, 2.75) is 31.1 Å². The normalized spacial score (nSPS) is 28.5. The van der Waals surface area contributed by atoms with Gasteiger partial charge in [0.1, 0.15) is 6.10 Å². The number of aromatic nitrogens is 1. The van der Waals surface area contributed by atoms with Gasteiger partial charge in [-0.2, -0.15) is 11.3 Å². The predicted molar refractivity (Wildman–Crippen MR) is 86.2 cm³/mol. The highest BCUT2D eigenvalue weighted by atomic mass is 32.1. The summed E-state index contributed by atoms with van der Waals surface area (Å²) in [7, 11) is 0. The van der Waals surface area contributed by atoms with Gasteiger partial charge in [0.05, 0.1) is 12.2 Å². The highest BCUT2D eigenvalue weighted by Crippen LogP contribution is 2.37. The molecule has 5 heteroatoms. The Morgan fingerprint density at radius 2 is 2.41 bits per heavy atom. The highest BCUT2D eigenvalue weighted by Gasteiger charge is 2.46. The summed E-state index contributed by atoms with van der Waals surface area (Å²) in [6, 6.07) is 7.96. The molecular formula is C17H20N2O2S. The summed E-state index contributed by atoms with van der Waals surface area (Å²) in [4.78, 5) is 6.73. The number of pyridine rings is 1. The van der Waals surface area contributed by atoms with Crippen LogP contribution in [-0.2, 0) is 11.3 Å². The first-order valence-electron chi connectivity index (χ1n) is 7.76. The van der Waals surface area contributed by atoms with E-state index in [1.807, 2.05) is 18.2 Å². The molecule has 0 aliphatic carbocycles. The van der Waals surface area contributed by atoms with E-state index >= 15 is 0 Å². The SMILES string of the molecule is c1ccc(O[C@@H]2CO[C@@]3(CCN(Cc4ccsc4)C3)C2)nc1. The summed E-state index contributed by atoms with van der Waals surface area (Å²) < 4.78 is 12.1. The van der Waals surface area contributed by atoms with Crippen molar-refractivity contribution in [3.8, 4) is 5.88 Å². The Morgan fingerprint density at radius 3 is 3.23 bits per heavy atom. The summed E-state index contributed by atoms with van der Waals surface area (Å²) >= 11 is 1.76. The van der Waals surface area contributed by atoms with Crippen molar-refractivity contribution in [3.05, 3.63) is 46.8 Å². The third-order valence-corrected chi connectivity index (χ3v) is 5.21. The van der Waals surface area contributed by atoms with Crippen molar-refractivity contribution >= 4 is 11.3 Å². The second-order valence-corrected chi connectivity index (χ2v) is 6.98. The lowest BCUT2D eigenvalue weighted by atomic mass is 9.98. The first-order chi connectivity index (χ1) is 10.8. The molecule has 4 nitrogen and oxygen atoms in total. The van der Waals surface area contributed by atoms with Gasteiger partial charge in [-0.3, -0.25) is 4.90 Å². The number of thiophene rings is 1. The molecule has 1 spiro atoms. The average molecular weight is 316 g/mol. The highest BCUT2D eigenvalue weighted by molar-refractivity contribution is 7.07. The molecule has 4 rings (SSSR count). The van der Waals surface area contributed by atoms with Crippen molar-refractivity contribution in [1.29, 1.82) is 0 Å². The summed E-state index contributed by atoms with van der Waals surface area (Å²) in [6.45, 7) is 3.81. The van der Waals surface area contributed by atoms with Gasteiger partial charge in [0.15, 0.2) is 0 Å². The molecule has 116 valence electrons. The zero-order chi connectivity index (χ0) is 14.8. The third kappa shape index (κ3) is 3.02. The van der Waals surface area contributed by atoms with Gasteiger partial charge in [-0.1, -0.05) is 6.07 Å². The molecule has 4 heterocycles. The molecule has 2 aliphatic heterocycles. The maximum absolute atomic E-state index is 6.14. The maximum Gasteiger partial charge on any atom is 0.213 e. The standard InChI is InChI=1S/C17H20N2O2S/c1-2-6-18-16(3-1)21-15-9-17(20-11-15)5-7-19(13-17)10-14-4-8-22-12-14/h1-4,6,8,12,15H,5,7,9-11,13H2/t15-,17-/m0/s1. The largest absolute Gasteiger partial charge is 0.472 e. The fourth-order valence-corrected chi connectivity index (χ4v) is 4.11. The van der Waals surface area contributed by atoms with Gasteiger partial charge in [0, 0.05) is 38.3 Å². The van der Waals surface area contributed by atoms with Crippen molar-refractivity contribution < 1.29 is 9.47 Å². The number of nitrogens with zero attached hydrogens (tertiary/aromatic N) is 2. The molecular weight excluding hydrogens is 296 g/mol. The fourth-order valence-electron chi connectivity index (χ4n) is 3.45. The fraction of sp³-hybridized carbons (Fsp3) is 0.471. The molecule has 2 aromatic heterocycles. The maximum atomic E-state index is 6.14. The minimum Gasteiger partial charge on any atom is -0.472 e. The molecule has 2 atom stereocenters. The smallest absolute Gasteiger partial charge is 0.213 e. The van der Waals surface area contributed by atoms with E-state index in [0.717, 1.165) is 32.5 Å². The van der Waals surface area contributed by atoms with E-state index in [0.29, 0.717) is 12.5 Å². The van der Waals surface area contributed by atoms with Crippen LogP contribution in [0.1, 0.15) is 18.4 Å². The molecule has 0 saturated carbocycles. The van der Waals surface area contributed by atoms with Crippen LogP contribution in [0.2, 0.25) is 0 Å². The molecule has 0 N–H and O–H groups in total. The van der Waals surface area contributed by atoms with Gasteiger partial charge in [-0.15, -0.1) is 0 Å². The van der Waals surface area contributed by atoms with Crippen LogP contribution in [0.3, 0.4) is 0 Å². The van der Waals surface area contributed by atoms with E-state index in [2.05, 4.69) is 26.7 Å². The van der Waals surface area contributed by atoms with Crippen molar-refractivity contribution in [2.24, 2.45) is 0 Å². The van der Waals surface area contributed by atoms with E-state index in [1.165, 1.54) is 5.56 Å². The van der Waals surface area contributed by atoms with E-state index in [9.17, 15) is 0 Å². The molecule has 0 radical (unpaired) electrons. The number of hydrogen-bond donors (Lipinski definition) is 0. The van der Waals surface area contributed by atoms with Gasteiger partial charge in [-0.25, -0.2) is 4.98 Å². The van der Waals surface area contributed by atoms with Gasteiger partial charge in [-0.05, 0) is 34.9 Å². The lowest BCUT2D eigenvalue weighted by Crippen LogP contribution is -2.33. The van der Waals surface area contributed by atoms with Crippen LogP contribution in [-0.4, -0.2) is 41.3 Å². The summed E-state index contributed by atoms with van der Waals surface area (Å²) in [5.41, 5.74) is 1.39. The Morgan fingerprint density at radius 1 is 1.41 bits per heavy atom. The van der Waals surface area contributed by atoms with Crippen LogP contribution >= 0.6 is 11.3 Å². The van der Waals surface area contributed by atoms with Crippen LogP contribution < -0.4 is 4.74 Å². The Hall–Kier alpha value is -1.43. The topological polar surface area (TPSA) is 34.6 Å². The van der Waals surface area contributed by atoms with Gasteiger partial charge >= 0.3 is 0 Å². The van der Waals surface area contributed by atoms with Crippen LogP contribution in [0.4, 0.5) is 0 Å². The summed E-state index contributed by atoms with van der Waals surface area (Å²) in [5, 5.41) is 4.37. The minimum atomic E-state index is -0.0184. The molecule has 0 unspecified atom stereocenters. The lowest BCUT2D eigenvalue weighted by molar-refractivity contribution is 0.00924. The first kappa shape index (κ1) is 14.2. The van der Waals surface area contributed by atoms with E-state index in [-0.39, 0.29) is 11.7 Å². The number of ether oxygens (including phenoxy) is 2. The minimum absolute atomic E-state index is 0.0184. The molecule has 22 heavy (non-hydrogen) atoms. The summed E-state index contributed by atoms with van der Waals surface area (Å²) in [5.74, 6) is 0.696. The molecule has 2 aliphatic rings. The molecule has 2 saturated heterocycles. The lowest BCUT2D eigenvalue weighted by Gasteiger charge is -2.23. The average Bonchev–Trinajstić information content (AvgIpc) is 3.25. The Kier molecular flexibility index (Phi) is 3.86. The monoisotopic (exact) mass is 316 g/mol. The van der Waals surface area contributed by atoms with Gasteiger partial charge < -0.3 is 9.47 Å². The van der Waals surface area contributed by atoms with Crippen molar-refractivity contribution in [1.82, 2.24) is 9.88 Å². The molecule has 2 fully saturated rings. The Balaban J connectivity index is 1.34. The molecule has 0 amide bonds. The van der Waals surface area contributed by atoms with Gasteiger partial charge in [0.2, 0.25) is 5.88 Å². The van der Waals surface area contributed by atoms with Gasteiger partial charge in [0.25, 0.3) is 0 Å². The molecule has 2 aromatic rings. The summed E-state index contributed by atoms with van der Waals surface area (Å²) in [6.07, 6.45) is 3.94. The van der Waals surface area contributed by atoms with Crippen LogP contribution in [0.25, 0.3) is 0 Å². The third-order valence-electron chi connectivity index (χ3n) is 4.48. The Bertz CT molecular complexity index is 604. The molecule has 0 bridgehead atoms. The van der Waals surface area contributed by atoms with E-state index < -0.39 is 0 Å². The number of hydrogen-bond acceptors (Lipinski definition) is 5. The van der Waals surface area contributed by atoms with E-state index in [4.69, 9.17) is 9.47 Å². The number of rotatable bonds is 4. The quantitative estimate of drug-likeness (QED) is 0.868. The zero-order valence-electron chi connectivity index (χ0n) is 12.5. The van der Waals surface area contributed by atoms with Crippen LogP contribution in [0, 0.1) is 0 Å². The Labute approximate surface area is 134 Å². The predicted octanol–water partition coefficient (Wildman–Crippen LogP) is 2.96. The van der Waals surface area contributed by atoms with Crippen molar-refractivity contribution in [3.63, 3.8) is 0 Å².